The van der Waals surface area contributed by atoms with Gasteiger partial charge in [-0.15, -0.1) is 0 Å². The number of oxazole rings is 1. The second-order valence-corrected chi connectivity index (χ2v) is 8.21. The van der Waals surface area contributed by atoms with Crippen molar-refractivity contribution >= 4 is 17.6 Å². The molecular formula is C24H31N3O4. The van der Waals surface area contributed by atoms with Crippen LogP contribution in [0, 0.1) is 5.92 Å². The first-order valence-corrected chi connectivity index (χ1v) is 11.1. The lowest BCUT2D eigenvalue weighted by atomic mass is 9.82. The van der Waals surface area contributed by atoms with Gasteiger partial charge in [0, 0.05) is 25.9 Å². The smallest absolute Gasteiger partial charge is 0.263 e. The van der Waals surface area contributed by atoms with Gasteiger partial charge in [0.05, 0.1) is 12.1 Å². The number of benzene rings is 1. The number of hydrogen-bond acceptors (Lipinski definition) is 5. The molecule has 1 aromatic carbocycles. The molecule has 0 spiro atoms. The fourth-order valence-corrected chi connectivity index (χ4v) is 4.39. The highest BCUT2D eigenvalue weighted by Crippen LogP contribution is 2.28. The zero-order valence-corrected chi connectivity index (χ0v) is 18.0. The van der Waals surface area contributed by atoms with Crippen LogP contribution in [0.1, 0.15) is 74.0 Å². The molecule has 3 rings (SSSR count). The van der Waals surface area contributed by atoms with E-state index in [2.05, 4.69) is 15.6 Å². The molecule has 0 radical (unpaired) electrons. The maximum Gasteiger partial charge on any atom is 0.263 e. The summed E-state index contributed by atoms with van der Waals surface area (Å²) in [5.41, 5.74) is 0.860. The monoisotopic (exact) mass is 425 g/mol. The number of nitrogens with one attached hydrogen (secondary N) is 2. The second-order valence-electron chi connectivity index (χ2n) is 8.21. The number of aromatic nitrogens is 1. The predicted molar refractivity (Wildman–Crippen MR) is 116 cm³/mol. The van der Waals surface area contributed by atoms with Crippen molar-refractivity contribution in [2.45, 2.75) is 63.8 Å². The van der Waals surface area contributed by atoms with Crippen LogP contribution in [0.3, 0.4) is 0 Å². The molecule has 31 heavy (non-hydrogen) atoms. The van der Waals surface area contributed by atoms with E-state index >= 15 is 0 Å². The summed E-state index contributed by atoms with van der Waals surface area (Å²) in [5, 5.41) is 5.90. The summed E-state index contributed by atoms with van der Waals surface area (Å²) in [5.74, 6) is -0.465. The molecule has 0 aliphatic heterocycles. The molecule has 2 aromatic rings. The highest BCUT2D eigenvalue weighted by molar-refractivity contribution is 5.97. The van der Waals surface area contributed by atoms with Gasteiger partial charge in [-0.1, -0.05) is 49.6 Å². The standard InChI is InChI=1S/C24H31N3O4/c1-17(28)27-21(19-10-6-3-7-11-19)16-22(29)25-13-12-20(18-8-4-2-5-9-18)23(30)24-26-14-15-31-24/h2,4-5,8-9,14-15,19-21H,3,6-7,10-13,16H2,1H3,(H,25,29)(H,27,28). The van der Waals surface area contributed by atoms with E-state index in [-0.39, 0.29) is 36.0 Å². The summed E-state index contributed by atoms with van der Waals surface area (Å²) in [6.45, 7) is 1.84. The Hall–Kier alpha value is -2.96. The van der Waals surface area contributed by atoms with Crippen LogP contribution in [0.25, 0.3) is 0 Å². The van der Waals surface area contributed by atoms with Crippen LogP contribution in [0.15, 0.2) is 47.2 Å². The molecule has 1 fully saturated rings. The number of Topliss-reactive ketones (excluding diaryl/α,β-unsaturated/α-hetero) is 1. The third-order valence-electron chi connectivity index (χ3n) is 5.93. The molecule has 2 atom stereocenters. The Morgan fingerprint density at radius 1 is 1.13 bits per heavy atom. The molecule has 1 aliphatic rings. The maximum absolute atomic E-state index is 12.9. The third-order valence-corrected chi connectivity index (χ3v) is 5.93. The van der Waals surface area contributed by atoms with E-state index < -0.39 is 5.92 Å². The lowest BCUT2D eigenvalue weighted by Gasteiger charge is -2.30. The molecule has 0 saturated heterocycles. The molecule has 1 saturated carbocycles. The fraction of sp³-hybridized carbons (Fsp3) is 0.500. The quantitative estimate of drug-likeness (QED) is 0.566. The zero-order chi connectivity index (χ0) is 22.1. The molecule has 0 bridgehead atoms. The van der Waals surface area contributed by atoms with Gasteiger partial charge in [-0.25, -0.2) is 4.98 Å². The van der Waals surface area contributed by atoms with E-state index in [4.69, 9.17) is 4.42 Å². The van der Waals surface area contributed by atoms with Gasteiger partial charge in [0.1, 0.15) is 6.26 Å². The average Bonchev–Trinajstić information content (AvgIpc) is 3.32. The Kier molecular flexibility index (Phi) is 8.38. The van der Waals surface area contributed by atoms with Crippen molar-refractivity contribution in [1.82, 2.24) is 15.6 Å². The van der Waals surface area contributed by atoms with Gasteiger partial charge in [0.25, 0.3) is 5.89 Å². The van der Waals surface area contributed by atoms with Gasteiger partial charge in [-0.3, -0.25) is 14.4 Å². The number of carbonyl (C=O) groups excluding carboxylic acids is 3. The lowest BCUT2D eigenvalue weighted by Crippen LogP contribution is -2.43. The van der Waals surface area contributed by atoms with E-state index in [1.807, 2.05) is 30.3 Å². The van der Waals surface area contributed by atoms with Gasteiger partial charge in [0.2, 0.25) is 17.6 Å². The van der Waals surface area contributed by atoms with Gasteiger partial charge >= 0.3 is 0 Å². The summed E-state index contributed by atoms with van der Waals surface area (Å²) in [6, 6.07) is 9.30. The fourth-order valence-electron chi connectivity index (χ4n) is 4.39. The molecule has 2 amide bonds. The van der Waals surface area contributed by atoms with Gasteiger partial charge < -0.3 is 15.1 Å². The molecule has 2 unspecified atom stereocenters. The topological polar surface area (TPSA) is 101 Å². The van der Waals surface area contributed by atoms with Crippen LogP contribution in [-0.2, 0) is 9.59 Å². The Balaban J connectivity index is 1.58. The average molecular weight is 426 g/mol. The minimum absolute atomic E-state index is 0.0724. The van der Waals surface area contributed by atoms with Crippen LogP contribution in [0.4, 0.5) is 0 Å². The van der Waals surface area contributed by atoms with Crippen molar-refractivity contribution in [3.8, 4) is 0 Å². The predicted octanol–water partition coefficient (Wildman–Crippen LogP) is 3.62. The van der Waals surface area contributed by atoms with Crippen molar-refractivity contribution < 1.29 is 18.8 Å². The largest absolute Gasteiger partial charge is 0.442 e. The van der Waals surface area contributed by atoms with Crippen molar-refractivity contribution in [2.24, 2.45) is 5.92 Å². The number of carbonyl (C=O) groups is 3. The Morgan fingerprint density at radius 2 is 1.87 bits per heavy atom. The maximum atomic E-state index is 12.9. The molecule has 166 valence electrons. The lowest BCUT2D eigenvalue weighted by molar-refractivity contribution is -0.123. The Labute approximate surface area is 183 Å². The third kappa shape index (κ3) is 6.77. The number of hydrogen-bond donors (Lipinski definition) is 2. The molecular weight excluding hydrogens is 394 g/mol. The summed E-state index contributed by atoms with van der Waals surface area (Å²) >= 11 is 0. The summed E-state index contributed by atoms with van der Waals surface area (Å²) in [7, 11) is 0. The summed E-state index contributed by atoms with van der Waals surface area (Å²) in [6.07, 6.45) is 9.11. The molecule has 7 nitrogen and oxygen atoms in total. The van der Waals surface area contributed by atoms with Gasteiger partial charge in [-0.2, -0.15) is 0 Å². The van der Waals surface area contributed by atoms with E-state index in [0.717, 1.165) is 31.2 Å². The van der Waals surface area contributed by atoms with Gasteiger partial charge in [-0.05, 0) is 30.7 Å². The molecule has 1 heterocycles. The van der Waals surface area contributed by atoms with E-state index in [0.29, 0.717) is 18.9 Å². The van der Waals surface area contributed by atoms with Gasteiger partial charge in [0.15, 0.2) is 0 Å². The zero-order valence-electron chi connectivity index (χ0n) is 18.0. The SMILES string of the molecule is CC(=O)NC(CC(=O)NCCC(C(=O)c1ncco1)c1ccccc1)C1CCCCC1. The Morgan fingerprint density at radius 3 is 2.52 bits per heavy atom. The number of amides is 2. The normalized spacial score (nSPS) is 16.3. The molecule has 7 heteroatoms. The first-order valence-electron chi connectivity index (χ1n) is 11.1. The van der Waals surface area contributed by atoms with Crippen LogP contribution in [0.5, 0.6) is 0 Å². The van der Waals surface area contributed by atoms with Crippen molar-refractivity contribution in [3.05, 3.63) is 54.2 Å². The molecule has 1 aromatic heterocycles. The minimum atomic E-state index is -0.454. The highest BCUT2D eigenvalue weighted by Gasteiger charge is 2.28. The van der Waals surface area contributed by atoms with Crippen LogP contribution >= 0.6 is 0 Å². The number of nitrogens with zero attached hydrogens (tertiary/aromatic N) is 1. The summed E-state index contributed by atoms with van der Waals surface area (Å²) < 4.78 is 5.19. The number of rotatable bonds is 10. The van der Waals surface area contributed by atoms with E-state index in [1.54, 1.807) is 0 Å². The van der Waals surface area contributed by atoms with Crippen LogP contribution in [0.2, 0.25) is 0 Å². The first kappa shape index (κ1) is 22.7. The van der Waals surface area contributed by atoms with Crippen LogP contribution < -0.4 is 10.6 Å². The first-order chi connectivity index (χ1) is 15.0. The van der Waals surface area contributed by atoms with Crippen molar-refractivity contribution in [1.29, 1.82) is 0 Å². The minimum Gasteiger partial charge on any atom is -0.442 e. The molecule has 2 N–H and O–H groups in total. The van der Waals surface area contributed by atoms with E-state index in [1.165, 1.54) is 25.8 Å². The summed E-state index contributed by atoms with van der Waals surface area (Å²) in [4.78, 5) is 41.1. The van der Waals surface area contributed by atoms with Crippen molar-refractivity contribution in [3.63, 3.8) is 0 Å². The highest BCUT2D eigenvalue weighted by atomic mass is 16.3. The van der Waals surface area contributed by atoms with Crippen molar-refractivity contribution in [2.75, 3.05) is 6.54 Å². The van der Waals surface area contributed by atoms with Crippen LogP contribution in [-0.4, -0.2) is 35.2 Å². The second kappa shape index (κ2) is 11.4. The number of ketones is 1. The molecule has 1 aliphatic carbocycles. The van der Waals surface area contributed by atoms with E-state index in [9.17, 15) is 14.4 Å². The Bertz CT molecular complexity index is 845.